The minimum atomic E-state index is -0.845. The highest BCUT2D eigenvalue weighted by atomic mass is 16.5. The van der Waals surface area contributed by atoms with Crippen molar-refractivity contribution >= 4 is 17.9 Å². The van der Waals surface area contributed by atoms with Gasteiger partial charge in [0.05, 0.1) is 11.3 Å². The molecule has 0 aromatic rings. The third-order valence-corrected chi connectivity index (χ3v) is 16.6. The van der Waals surface area contributed by atoms with Crippen LogP contribution in [0.4, 0.5) is 0 Å². The van der Waals surface area contributed by atoms with Crippen molar-refractivity contribution in [1.29, 1.82) is 0 Å². The van der Waals surface area contributed by atoms with Gasteiger partial charge >= 0.3 is 17.9 Å². The maximum atomic E-state index is 13.6. The van der Waals surface area contributed by atoms with Crippen LogP contribution in [0.3, 0.4) is 0 Å². The van der Waals surface area contributed by atoms with Crippen molar-refractivity contribution in [3.05, 3.63) is 12.2 Å². The highest BCUT2D eigenvalue weighted by molar-refractivity contribution is 5.77. The number of aliphatic carboxylic acids is 2. The lowest BCUT2D eigenvalue weighted by Gasteiger charge is -2.72. The number of carboxylic acid groups (broad SMARTS) is 2. The van der Waals surface area contributed by atoms with E-state index in [4.69, 9.17) is 4.74 Å². The lowest BCUT2D eigenvalue weighted by Crippen LogP contribution is -2.67. The Hall–Kier alpha value is -1.85. The van der Waals surface area contributed by atoms with E-state index in [1.165, 1.54) is 5.57 Å². The van der Waals surface area contributed by atoms with E-state index < -0.39 is 17.4 Å². The molecule has 0 aliphatic heterocycles. The van der Waals surface area contributed by atoms with Crippen molar-refractivity contribution in [3.8, 4) is 0 Å². The maximum Gasteiger partial charge on any atom is 0.309 e. The minimum absolute atomic E-state index is 0.0170. The van der Waals surface area contributed by atoms with Crippen LogP contribution in [-0.2, 0) is 19.1 Å². The largest absolute Gasteiger partial charge is 0.481 e. The number of carbonyl (C=O) groups is 3. The molecule has 6 rings (SSSR count). The van der Waals surface area contributed by atoms with Gasteiger partial charge < -0.3 is 14.9 Å². The van der Waals surface area contributed by atoms with E-state index in [2.05, 4.69) is 62.0 Å². The van der Waals surface area contributed by atoms with Crippen LogP contribution in [0.2, 0.25) is 0 Å². The zero-order chi connectivity index (χ0) is 33.1. The third-order valence-electron chi connectivity index (χ3n) is 16.6. The summed E-state index contributed by atoms with van der Waals surface area (Å²) in [6.07, 6.45) is 10.5. The Morgan fingerprint density at radius 3 is 2.07 bits per heavy atom. The fourth-order valence-electron chi connectivity index (χ4n) is 14.0. The summed E-state index contributed by atoms with van der Waals surface area (Å²) in [6.45, 7) is 22.9. The highest BCUT2D eigenvalue weighted by Crippen LogP contribution is 2.77. The van der Waals surface area contributed by atoms with Crippen LogP contribution in [0.15, 0.2) is 12.2 Å². The number of fused-ring (bicyclic) bond motifs is 7. The van der Waals surface area contributed by atoms with Gasteiger partial charge in [0.25, 0.3) is 0 Å². The van der Waals surface area contributed by atoms with Gasteiger partial charge in [0, 0.05) is 11.8 Å². The van der Waals surface area contributed by atoms with Crippen molar-refractivity contribution < 1.29 is 29.3 Å². The molecule has 0 heterocycles. The lowest BCUT2D eigenvalue weighted by molar-refractivity contribution is -0.252. The quantitative estimate of drug-likeness (QED) is 0.226. The van der Waals surface area contributed by atoms with Gasteiger partial charge in [-0.05, 0) is 135 Å². The molecule has 6 aliphatic carbocycles. The molecule has 12 unspecified atom stereocenters. The Bertz CT molecular complexity index is 1280. The Morgan fingerprint density at radius 1 is 0.778 bits per heavy atom. The van der Waals surface area contributed by atoms with E-state index in [0.717, 1.165) is 64.2 Å². The van der Waals surface area contributed by atoms with Gasteiger partial charge in [-0.15, -0.1) is 0 Å². The molecule has 0 amide bonds. The summed E-state index contributed by atoms with van der Waals surface area (Å²) in [5.74, 6) is -0.237. The second-order valence-corrected chi connectivity index (χ2v) is 18.9. The average Bonchev–Trinajstić information content (AvgIpc) is 3.34. The molecule has 6 nitrogen and oxygen atoms in total. The molecule has 6 fully saturated rings. The number of carbonyl (C=O) groups excluding carboxylic acids is 1. The molecule has 0 radical (unpaired) electrons. The van der Waals surface area contributed by atoms with Crippen LogP contribution in [0.25, 0.3) is 0 Å². The number of rotatable bonds is 6. The minimum Gasteiger partial charge on any atom is -0.481 e. The van der Waals surface area contributed by atoms with Crippen LogP contribution < -0.4 is 0 Å². The Kier molecular flexibility index (Phi) is 7.59. The van der Waals surface area contributed by atoms with Crippen molar-refractivity contribution in [3.63, 3.8) is 0 Å². The first-order valence-electron chi connectivity index (χ1n) is 18.1. The van der Waals surface area contributed by atoms with E-state index >= 15 is 0 Å². The summed E-state index contributed by atoms with van der Waals surface area (Å²) in [6, 6.07) is 0. The average molecular weight is 625 g/mol. The zero-order valence-corrected chi connectivity index (χ0v) is 29.3. The van der Waals surface area contributed by atoms with Crippen LogP contribution in [0.5, 0.6) is 0 Å². The second kappa shape index (κ2) is 10.3. The van der Waals surface area contributed by atoms with Crippen LogP contribution in [0, 0.1) is 73.9 Å². The molecule has 0 saturated heterocycles. The number of carboxylic acids is 2. The zero-order valence-electron chi connectivity index (χ0n) is 29.3. The number of hydrogen-bond acceptors (Lipinski definition) is 4. The molecule has 0 bridgehead atoms. The molecular weight excluding hydrogens is 564 g/mol. The predicted molar refractivity (Wildman–Crippen MR) is 174 cm³/mol. The number of ether oxygens (including phenoxy) is 1. The van der Waals surface area contributed by atoms with Crippen molar-refractivity contribution in [2.24, 2.45) is 73.9 Å². The standard InChI is InChI=1S/C39H60O6/c1-22(2)23-12-17-39(33(43)44)19-18-37(8)25(31(23)39)10-11-28-36(7)15-14-29(35(5,6)27(36)13-16-38(28,37)9)45-32(42)24-21-34(3,4)26(24)20-30(40)41/h23-29,31H,1,10-21H2,2-9H3,(H,40,41)(H,43,44). The fraction of sp³-hybridized carbons (Fsp3) is 0.872. The summed E-state index contributed by atoms with van der Waals surface area (Å²) in [5, 5.41) is 20.1. The SMILES string of the molecule is C=C(C)C1CCC2(C(=O)O)CCC3(C)C(CCC4C5(C)CCC(OC(=O)C6CC(C)(C)C6CC(=O)O)C(C)(C)C5CCC43C)C12. The molecule has 0 spiro atoms. The van der Waals surface area contributed by atoms with E-state index in [-0.39, 0.29) is 63.3 Å². The molecule has 45 heavy (non-hydrogen) atoms. The van der Waals surface area contributed by atoms with Gasteiger partial charge in [0.15, 0.2) is 0 Å². The molecule has 252 valence electrons. The summed E-state index contributed by atoms with van der Waals surface area (Å²) in [5.41, 5.74) is 0.598. The normalized spacial score (nSPS) is 49.2. The van der Waals surface area contributed by atoms with Crippen LogP contribution >= 0.6 is 0 Å². The van der Waals surface area contributed by atoms with E-state index in [9.17, 15) is 24.6 Å². The first-order valence-corrected chi connectivity index (χ1v) is 18.1. The summed E-state index contributed by atoms with van der Waals surface area (Å²) < 4.78 is 6.40. The van der Waals surface area contributed by atoms with Gasteiger partial charge in [-0.3, -0.25) is 14.4 Å². The number of esters is 1. The van der Waals surface area contributed by atoms with Crippen LogP contribution in [-0.4, -0.2) is 34.2 Å². The van der Waals surface area contributed by atoms with Gasteiger partial charge in [0.1, 0.15) is 6.10 Å². The first kappa shape index (κ1) is 33.1. The Labute approximate surface area is 271 Å². The second-order valence-electron chi connectivity index (χ2n) is 18.9. The number of allylic oxidation sites excluding steroid dienone is 1. The number of hydrogen-bond donors (Lipinski definition) is 2. The van der Waals surface area contributed by atoms with Crippen molar-refractivity contribution in [2.45, 2.75) is 139 Å². The summed E-state index contributed by atoms with van der Waals surface area (Å²) in [4.78, 5) is 38.1. The molecular formula is C39H60O6. The Morgan fingerprint density at radius 2 is 1.47 bits per heavy atom. The van der Waals surface area contributed by atoms with Gasteiger partial charge in [-0.1, -0.05) is 60.6 Å². The smallest absolute Gasteiger partial charge is 0.309 e. The lowest BCUT2D eigenvalue weighted by atomic mass is 9.32. The molecule has 0 aromatic heterocycles. The molecule has 6 aliphatic rings. The maximum absolute atomic E-state index is 13.6. The topological polar surface area (TPSA) is 101 Å². The van der Waals surface area contributed by atoms with Crippen LogP contribution in [0.1, 0.15) is 132 Å². The Balaban J connectivity index is 1.24. The highest BCUT2D eigenvalue weighted by Gasteiger charge is 2.72. The summed E-state index contributed by atoms with van der Waals surface area (Å²) >= 11 is 0. The molecule has 6 heteroatoms. The third kappa shape index (κ3) is 4.41. The first-order chi connectivity index (χ1) is 20.8. The molecule has 12 atom stereocenters. The van der Waals surface area contributed by atoms with Crippen molar-refractivity contribution in [1.82, 2.24) is 0 Å². The van der Waals surface area contributed by atoms with E-state index in [1.807, 2.05) is 0 Å². The van der Waals surface area contributed by atoms with Crippen molar-refractivity contribution in [2.75, 3.05) is 0 Å². The molecule has 0 aromatic carbocycles. The van der Waals surface area contributed by atoms with Gasteiger partial charge in [0.2, 0.25) is 0 Å². The van der Waals surface area contributed by atoms with Gasteiger partial charge in [-0.2, -0.15) is 0 Å². The molecule has 2 N–H and O–H groups in total. The van der Waals surface area contributed by atoms with E-state index in [0.29, 0.717) is 30.1 Å². The fourth-order valence-corrected chi connectivity index (χ4v) is 14.0. The predicted octanol–water partition coefficient (Wildman–Crippen LogP) is 8.78. The molecule has 6 saturated carbocycles. The monoisotopic (exact) mass is 624 g/mol. The van der Waals surface area contributed by atoms with E-state index in [1.54, 1.807) is 0 Å². The summed E-state index contributed by atoms with van der Waals surface area (Å²) in [7, 11) is 0. The van der Waals surface area contributed by atoms with Gasteiger partial charge in [-0.25, -0.2) is 0 Å².